The van der Waals surface area contributed by atoms with Crippen LogP contribution in [0.5, 0.6) is 0 Å². The molecule has 0 fully saturated rings. The first-order valence-electron chi connectivity index (χ1n) is 2.69. The highest BCUT2D eigenvalue weighted by Crippen LogP contribution is 2.01. The number of hydrogen-bond acceptors (Lipinski definition) is 2. The van der Waals surface area contributed by atoms with E-state index < -0.39 is 0 Å². The Morgan fingerprint density at radius 2 is 2.50 bits per heavy atom. The molecule has 2 heteroatoms. The molecular weight excluding hydrogens is 120 g/mol. The molecule has 1 atom stereocenters. The molecule has 0 saturated carbocycles. The van der Waals surface area contributed by atoms with Crippen LogP contribution in [0.3, 0.4) is 0 Å². The topological polar surface area (TPSA) is 20.2 Å². The molecule has 0 aromatic rings. The molecule has 0 aromatic heterocycles. The van der Waals surface area contributed by atoms with Gasteiger partial charge in [0.25, 0.3) is 0 Å². The van der Waals surface area contributed by atoms with E-state index in [9.17, 15) is 0 Å². The van der Waals surface area contributed by atoms with E-state index in [1.807, 2.05) is 0 Å². The van der Waals surface area contributed by atoms with Crippen LogP contribution >= 0.6 is 11.8 Å². The van der Waals surface area contributed by atoms with E-state index in [1.165, 1.54) is 0 Å². The molecule has 0 aliphatic heterocycles. The predicted molar refractivity (Wildman–Crippen MR) is 39.2 cm³/mol. The van der Waals surface area contributed by atoms with Crippen molar-refractivity contribution in [2.24, 2.45) is 0 Å². The van der Waals surface area contributed by atoms with Crippen LogP contribution in [-0.2, 0) is 0 Å². The highest BCUT2D eigenvalue weighted by atomic mass is 32.2. The molecule has 0 aromatic carbocycles. The van der Waals surface area contributed by atoms with Crippen LogP contribution in [0.15, 0.2) is 12.7 Å². The Morgan fingerprint density at radius 1 is 1.88 bits per heavy atom. The third kappa shape index (κ3) is 4.22. The van der Waals surface area contributed by atoms with Gasteiger partial charge in [-0.1, -0.05) is 13.0 Å². The van der Waals surface area contributed by atoms with Gasteiger partial charge in [0, 0.05) is 5.75 Å². The first-order valence-corrected chi connectivity index (χ1v) is 3.85. The Kier molecular flexibility index (Phi) is 5.22. The standard InChI is InChI=1S/C6H12OS/c1-3-6(7)5-8-4-2/h3,6-7H,1,4-5H2,2H3. The van der Waals surface area contributed by atoms with Crippen molar-refractivity contribution in [1.29, 1.82) is 0 Å². The fourth-order valence-electron chi connectivity index (χ4n) is 0.307. The predicted octanol–water partition coefficient (Wildman–Crippen LogP) is 1.29. The maximum Gasteiger partial charge on any atom is 0.0808 e. The fraction of sp³-hybridized carbons (Fsp3) is 0.667. The summed E-state index contributed by atoms with van der Waals surface area (Å²) < 4.78 is 0. The molecule has 0 bridgehead atoms. The lowest BCUT2D eigenvalue weighted by Crippen LogP contribution is -2.04. The van der Waals surface area contributed by atoms with Crippen LogP contribution in [0.4, 0.5) is 0 Å². The van der Waals surface area contributed by atoms with Crippen LogP contribution in [0.1, 0.15) is 6.92 Å². The summed E-state index contributed by atoms with van der Waals surface area (Å²) in [5.74, 6) is 1.84. The second kappa shape index (κ2) is 5.19. The third-order valence-corrected chi connectivity index (χ3v) is 1.75. The van der Waals surface area contributed by atoms with Gasteiger partial charge in [-0.25, -0.2) is 0 Å². The van der Waals surface area contributed by atoms with E-state index in [2.05, 4.69) is 13.5 Å². The normalized spacial score (nSPS) is 13.2. The number of hydrogen-bond donors (Lipinski definition) is 1. The fourth-order valence-corrected chi connectivity index (χ4v) is 0.920. The van der Waals surface area contributed by atoms with Gasteiger partial charge in [0.1, 0.15) is 0 Å². The van der Waals surface area contributed by atoms with Crippen molar-refractivity contribution in [3.05, 3.63) is 12.7 Å². The van der Waals surface area contributed by atoms with E-state index in [1.54, 1.807) is 17.8 Å². The van der Waals surface area contributed by atoms with Gasteiger partial charge in [0.05, 0.1) is 6.10 Å². The summed E-state index contributed by atoms with van der Waals surface area (Å²) in [7, 11) is 0. The third-order valence-electron chi connectivity index (χ3n) is 0.765. The molecule has 1 unspecified atom stereocenters. The van der Waals surface area contributed by atoms with Gasteiger partial charge >= 0.3 is 0 Å². The largest absolute Gasteiger partial charge is 0.388 e. The zero-order chi connectivity index (χ0) is 6.41. The van der Waals surface area contributed by atoms with Gasteiger partial charge in [-0.2, -0.15) is 11.8 Å². The summed E-state index contributed by atoms with van der Waals surface area (Å²) >= 11 is 1.72. The monoisotopic (exact) mass is 132 g/mol. The van der Waals surface area contributed by atoms with Crippen molar-refractivity contribution >= 4 is 11.8 Å². The number of aliphatic hydroxyl groups is 1. The Bertz CT molecular complexity index is 63.5. The van der Waals surface area contributed by atoms with Crippen LogP contribution in [0.25, 0.3) is 0 Å². The molecule has 0 aliphatic carbocycles. The molecule has 0 radical (unpaired) electrons. The van der Waals surface area contributed by atoms with Gasteiger partial charge in [-0.05, 0) is 5.75 Å². The molecule has 0 aliphatic rings. The lowest BCUT2D eigenvalue weighted by molar-refractivity contribution is 0.249. The summed E-state index contributed by atoms with van der Waals surface area (Å²) in [6.45, 7) is 5.52. The van der Waals surface area contributed by atoms with E-state index in [-0.39, 0.29) is 6.10 Å². The van der Waals surface area contributed by atoms with Gasteiger partial charge < -0.3 is 5.11 Å². The Morgan fingerprint density at radius 3 is 2.88 bits per heavy atom. The minimum atomic E-state index is -0.319. The first kappa shape index (κ1) is 8.05. The summed E-state index contributed by atoms with van der Waals surface area (Å²) in [5, 5.41) is 8.85. The molecule has 0 rings (SSSR count). The van der Waals surface area contributed by atoms with Crippen molar-refractivity contribution in [1.82, 2.24) is 0 Å². The molecule has 1 nitrogen and oxygen atoms in total. The zero-order valence-electron chi connectivity index (χ0n) is 5.13. The number of rotatable bonds is 4. The molecule has 0 amide bonds. The van der Waals surface area contributed by atoms with Gasteiger partial charge in [0.2, 0.25) is 0 Å². The number of thioether (sulfide) groups is 1. The van der Waals surface area contributed by atoms with Gasteiger partial charge in [0.15, 0.2) is 0 Å². The van der Waals surface area contributed by atoms with Gasteiger partial charge in [-0.3, -0.25) is 0 Å². The molecular formula is C6H12OS. The van der Waals surface area contributed by atoms with E-state index in [0.717, 1.165) is 11.5 Å². The van der Waals surface area contributed by atoms with Crippen molar-refractivity contribution in [3.63, 3.8) is 0 Å². The van der Waals surface area contributed by atoms with E-state index >= 15 is 0 Å². The lowest BCUT2D eigenvalue weighted by Gasteiger charge is -2.00. The van der Waals surface area contributed by atoms with Crippen LogP contribution in [-0.4, -0.2) is 22.7 Å². The maximum atomic E-state index is 8.85. The highest BCUT2D eigenvalue weighted by molar-refractivity contribution is 7.99. The molecule has 1 N–H and O–H groups in total. The average molecular weight is 132 g/mol. The van der Waals surface area contributed by atoms with Crippen LogP contribution < -0.4 is 0 Å². The summed E-state index contributed by atoms with van der Waals surface area (Å²) in [5.41, 5.74) is 0. The molecule has 48 valence electrons. The van der Waals surface area contributed by atoms with Crippen LogP contribution in [0.2, 0.25) is 0 Å². The summed E-state index contributed by atoms with van der Waals surface area (Å²) in [6.07, 6.45) is 1.24. The molecule has 0 saturated heterocycles. The molecule has 8 heavy (non-hydrogen) atoms. The van der Waals surface area contributed by atoms with E-state index in [4.69, 9.17) is 5.11 Å². The SMILES string of the molecule is C=CC(O)CSCC. The average Bonchev–Trinajstić information content (AvgIpc) is 1.83. The Labute approximate surface area is 54.8 Å². The summed E-state index contributed by atoms with van der Waals surface area (Å²) in [6, 6.07) is 0. The zero-order valence-corrected chi connectivity index (χ0v) is 5.95. The smallest absolute Gasteiger partial charge is 0.0808 e. The van der Waals surface area contributed by atoms with Crippen LogP contribution in [0, 0.1) is 0 Å². The Hall–Kier alpha value is 0.0500. The second-order valence-electron chi connectivity index (χ2n) is 1.46. The first-order chi connectivity index (χ1) is 3.81. The number of aliphatic hydroxyl groups excluding tert-OH is 1. The van der Waals surface area contributed by atoms with Crippen molar-refractivity contribution in [3.8, 4) is 0 Å². The maximum absolute atomic E-state index is 8.85. The van der Waals surface area contributed by atoms with Crippen molar-refractivity contribution in [2.75, 3.05) is 11.5 Å². The Balaban J connectivity index is 2.98. The highest BCUT2D eigenvalue weighted by Gasteiger charge is 1.93. The summed E-state index contributed by atoms with van der Waals surface area (Å²) in [4.78, 5) is 0. The minimum Gasteiger partial charge on any atom is -0.388 e. The molecule has 0 spiro atoms. The lowest BCUT2D eigenvalue weighted by atomic mass is 10.4. The van der Waals surface area contributed by atoms with Gasteiger partial charge in [-0.15, -0.1) is 6.58 Å². The molecule has 0 heterocycles. The quantitative estimate of drug-likeness (QED) is 0.582. The van der Waals surface area contributed by atoms with Crippen molar-refractivity contribution in [2.45, 2.75) is 13.0 Å². The van der Waals surface area contributed by atoms with E-state index in [0.29, 0.717) is 0 Å². The van der Waals surface area contributed by atoms with Crippen molar-refractivity contribution < 1.29 is 5.11 Å². The minimum absolute atomic E-state index is 0.319. The second-order valence-corrected chi connectivity index (χ2v) is 2.78.